The first-order valence-corrected chi connectivity index (χ1v) is 10.0. The van der Waals surface area contributed by atoms with Gasteiger partial charge in [0.2, 0.25) is 5.91 Å². The highest BCUT2D eigenvalue weighted by Gasteiger charge is 2.18. The molecule has 0 aliphatic carbocycles. The number of furan rings is 1. The normalized spacial score (nSPS) is 10.6. The Morgan fingerprint density at radius 3 is 2.16 bits per heavy atom. The van der Waals surface area contributed by atoms with E-state index in [0.29, 0.717) is 17.8 Å². The SMILES string of the molecule is O=C(NCC(=O)N(Cc1cccs1)Cc1cccs1)c1ccc(Br)o1. The van der Waals surface area contributed by atoms with Gasteiger partial charge in [-0.15, -0.1) is 22.7 Å². The largest absolute Gasteiger partial charge is 0.444 e. The van der Waals surface area contributed by atoms with Crippen molar-refractivity contribution in [3.8, 4) is 0 Å². The van der Waals surface area contributed by atoms with Gasteiger partial charge in [0.25, 0.3) is 5.91 Å². The van der Waals surface area contributed by atoms with Gasteiger partial charge < -0.3 is 14.6 Å². The van der Waals surface area contributed by atoms with E-state index < -0.39 is 5.91 Å². The van der Waals surface area contributed by atoms with E-state index in [1.165, 1.54) is 0 Å². The second-order valence-corrected chi connectivity index (χ2v) is 8.04. The molecule has 0 fully saturated rings. The van der Waals surface area contributed by atoms with Gasteiger partial charge >= 0.3 is 0 Å². The molecule has 0 aliphatic rings. The standard InChI is InChI=1S/C17H15BrN2O3S2/c18-15-6-5-14(23-15)17(22)19-9-16(21)20(10-12-3-1-7-24-12)11-13-4-2-8-25-13/h1-8H,9-11H2,(H,19,22). The summed E-state index contributed by atoms with van der Waals surface area (Å²) < 4.78 is 5.66. The Kier molecular flexibility index (Phi) is 6.06. The van der Waals surface area contributed by atoms with Crippen molar-refractivity contribution < 1.29 is 14.0 Å². The predicted octanol–water partition coefficient (Wildman–Crippen LogP) is 4.12. The van der Waals surface area contributed by atoms with Gasteiger partial charge in [0.05, 0.1) is 19.6 Å². The molecule has 0 radical (unpaired) electrons. The average molecular weight is 439 g/mol. The summed E-state index contributed by atoms with van der Waals surface area (Å²) in [7, 11) is 0. The molecule has 0 aliphatic heterocycles. The summed E-state index contributed by atoms with van der Waals surface area (Å²) in [5.74, 6) is -0.380. The molecule has 0 unspecified atom stereocenters. The number of halogens is 1. The van der Waals surface area contributed by atoms with E-state index in [2.05, 4.69) is 21.2 Å². The lowest BCUT2D eigenvalue weighted by molar-refractivity contribution is -0.131. The number of rotatable bonds is 7. The van der Waals surface area contributed by atoms with Crippen LogP contribution in [0.1, 0.15) is 20.3 Å². The first-order valence-electron chi connectivity index (χ1n) is 7.48. The van der Waals surface area contributed by atoms with Gasteiger partial charge in [0.15, 0.2) is 10.4 Å². The van der Waals surface area contributed by atoms with E-state index in [4.69, 9.17) is 4.42 Å². The molecule has 3 rings (SSSR count). The molecule has 5 nitrogen and oxygen atoms in total. The number of carbonyl (C=O) groups excluding carboxylic acids is 2. The van der Waals surface area contributed by atoms with Gasteiger partial charge in [-0.2, -0.15) is 0 Å². The molecule has 0 spiro atoms. The number of nitrogens with one attached hydrogen (secondary N) is 1. The minimum atomic E-state index is -0.411. The van der Waals surface area contributed by atoms with E-state index in [1.54, 1.807) is 39.7 Å². The summed E-state index contributed by atoms with van der Waals surface area (Å²) >= 11 is 6.37. The Morgan fingerprint density at radius 1 is 1.04 bits per heavy atom. The van der Waals surface area contributed by atoms with Gasteiger partial charge in [0, 0.05) is 9.75 Å². The summed E-state index contributed by atoms with van der Waals surface area (Å²) in [6, 6.07) is 11.1. The van der Waals surface area contributed by atoms with Crippen molar-refractivity contribution >= 4 is 50.4 Å². The van der Waals surface area contributed by atoms with Crippen LogP contribution in [0.5, 0.6) is 0 Å². The summed E-state index contributed by atoms with van der Waals surface area (Å²) in [6.07, 6.45) is 0. The first kappa shape index (κ1) is 17.9. The zero-order chi connectivity index (χ0) is 17.6. The van der Waals surface area contributed by atoms with Crippen LogP contribution in [0, 0.1) is 0 Å². The molecule has 25 heavy (non-hydrogen) atoms. The number of hydrogen-bond donors (Lipinski definition) is 1. The molecule has 8 heteroatoms. The number of nitrogens with zero attached hydrogens (tertiary/aromatic N) is 1. The minimum absolute atomic E-state index is 0.0755. The molecule has 130 valence electrons. The summed E-state index contributed by atoms with van der Waals surface area (Å²) in [5, 5.41) is 6.59. The Bertz CT molecular complexity index is 792. The summed E-state index contributed by atoms with van der Waals surface area (Å²) in [4.78, 5) is 28.6. The third-order valence-electron chi connectivity index (χ3n) is 3.40. The van der Waals surface area contributed by atoms with Gasteiger partial charge in [-0.05, 0) is 51.0 Å². The van der Waals surface area contributed by atoms with Crippen molar-refractivity contribution in [3.63, 3.8) is 0 Å². The van der Waals surface area contributed by atoms with Crippen LogP contribution in [0.4, 0.5) is 0 Å². The number of amides is 2. The minimum Gasteiger partial charge on any atom is -0.444 e. The predicted molar refractivity (Wildman–Crippen MR) is 102 cm³/mol. The second kappa shape index (κ2) is 8.46. The zero-order valence-corrected chi connectivity index (χ0v) is 16.3. The molecule has 3 heterocycles. The quantitative estimate of drug-likeness (QED) is 0.603. The van der Waals surface area contributed by atoms with Crippen LogP contribution >= 0.6 is 38.6 Å². The van der Waals surface area contributed by atoms with Crippen molar-refractivity contribution in [1.82, 2.24) is 10.2 Å². The Hall–Kier alpha value is -1.90. The maximum absolute atomic E-state index is 12.6. The molecule has 3 aromatic rings. The fourth-order valence-electron chi connectivity index (χ4n) is 2.20. The molecule has 3 aromatic heterocycles. The third kappa shape index (κ3) is 5.04. The van der Waals surface area contributed by atoms with Crippen molar-refractivity contribution in [2.24, 2.45) is 0 Å². The second-order valence-electron chi connectivity index (χ2n) is 5.19. The molecular weight excluding hydrogens is 424 g/mol. The van der Waals surface area contributed by atoms with E-state index in [0.717, 1.165) is 9.75 Å². The van der Waals surface area contributed by atoms with Crippen LogP contribution in [-0.2, 0) is 17.9 Å². The molecule has 0 atom stereocenters. The fraction of sp³-hybridized carbons (Fsp3) is 0.176. The van der Waals surface area contributed by atoms with Crippen LogP contribution < -0.4 is 5.32 Å². The monoisotopic (exact) mass is 438 g/mol. The Labute approximate surface area is 161 Å². The van der Waals surface area contributed by atoms with Crippen molar-refractivity contribution in [2.45, 2.75) is 13.1 Å². The molecule has 0 saturated carbocycles. The maximum Gasteiger partial charge on any atom is 0.287 e. The van der Waals surface area contributed by atoms with Crippen LogP contribution in [0.3, 0.4) is 0 Å². The van der Waals surface area contributed by atoms with Crippen molar-refractivity contribution in [2.75, 3.05) is 6.54 Å². The first-order chi connectivity index (χ1) is 12.1. The lowest BCUT2D eigenvalue weighted by Gasteiger charge is -2.21. The van der Waals surface area contributed by atoms with E-state index >= 15 is 0 Å². The zero-order valence-electron chi connectivity index (χ0n) is 13.1. The van der Waals surface area contributed by atoms with Crippen LogP contribution in [0.25, 0.3) is 0 Å². The van der Waals surface area contributed by atoms with Crippen LogP contribution in [0.2, 0.25) is 0 Å². The van der Waals surface area contributed by atoms with Crippen LogP contribution in [0.15, 0.2) is 56.2 Å². The van der Waals surface area contributed by atoms with E-state index in [9.17, 15) is 9.59 Å². The molecular formula is C17H15BrN2O3S2. The Morgan fingerprint density at radius 2 is 1.68 bits per heavy atom. The van der Waals surface area contributed by atoms with E-state index in [-0.39, 0.29) is 18.2 Å². The molecule has 0 aromatic carbocycles. The van der Waals surface area contributed by atoms with Crippen molar-refractivity contribution in [3.05, 3.63) is 67.3 Å². The highest BCUT2D eigenvalue weighted by molar-refractivity contribution is 9.10. The van der Waals surface area contributed by atoms with Crippen LogP contribution in [-0.4, -0.2) is 23.3 Å². The van der Waals surface area contributed by atoms with Gasteiger partial charge in [0.1, 0.15) is 0 Å². The number of hydrogen-bond acceptors (Lipinski definition) is 5. The smallest absolute Gasteiger partial charge is 0.287 e. The fourth-order valence-corrected chi connectivity index (χ4v) is 3.95. The summed E-state index contributed by atoms with van der Waals surface area (Å²) in [6.45, 7) is 0.973. The number of thiophene rings is 2. The van der Waals surface area contributed by atoms with Gasteiger partial charge in [-0.1, -0.05) is 12.1 Å². The topological polar surface area (TPSA) is 62.6 Å². The number of carbonyl (C=O) groups is 2. The molecule has 1 N–H and O–H groups in total. The molecule has 0 bridgehead atoms. The van der Waals surface area contributed by atoms with Gasteiger partial charge in [-0.25, -0.2) is 0 Å². The van der Waals surface area contributed by atoms with Crippen molar-refractivity contribution in [1.29, 1.82) is 0 Å². The maximum atomic E-state index is 12.6. The van der Waals surface area contributed by atoms with Gasteiger partial charge in [-0.3, -0.25) is 9.59 Å². The lowest BCUT2D eigenvalue weighted by Crippen LogP contribution is -2.39. The highest BCUT2D eigenvalue weighted by Crippen LogP contribution is 2.17. The summed E-state index contributed by atoms with van der Waals surface area (Å²) in [5.41, 5.74) is 0. The highest BCUT2D eigenvalue weighted by atomic mass is 79.9. The van der Waals surface area contributed by atoms with E-state index in [1.807, 2.05) is 35.0 Å². The third-order valence-corrected chi connectivity index (χ3v) is 5.55. The average Bonchev–Trinajstić information content (AvgIpc) is 3.34. The Balaban J connectivity index is 1.62. The lowest BCUT2D eigenvalue weighted by atomic mass is 10.3. The molecule has 0 saturated heterocycles. The molecule has 2 amide bonds.